The summed E-state index contributed by atoms with van der Waals surface area (Å²) < 4.78 is 35.6. The zero-order valence-electron chi connectivity index (χ0n) is 20.2. The van der Waals surface area contributed by atoms with Crippen molar-refractivity contribution in [2.45, 2.75) is 66.5 Å². The summed E-state index contributed by atoms with van der Waals surface area (Å²) in [5.41, 5.74) is 0. The van der Waals surface area contributed by atoms with Gasteiger partial charge < -0.3 is 36.6 Å². The Bertz CT molecular complexity index is 328. The topological polar surface area (TPSA) is 78.9 Å². The van der Waals surface area contributed by atoms with Crippen molar-refractivity contribution in [3.63, 3.8) is 0 Å². The second-order valence-corrected chi connectivity index (χ2v) is 12.2. The third-order valence-corrected chi connectivity index (χ3v) is 10.8. The molecule has 0 bridgehead atoms. The molecule has 0 radical (unpaired) electrons. The first kappa shape index (κ1) is 30.1. The summed E-state index contributed by atoms with van der Waals surface area (Å²) in [7, 11) is -5.24. The van der Waals surface area contributed by atoms with Gasteiger partial charge in [-0.1, -0.05) is 24.9 Å². The third kappa shape index (κ3) is 12.2. The van der Waals surface area contributed by atoms with Crippen LogP contribution in [0.1, 0.15) is 54.4 Å². The number of nitrogens with zero attached hydrogens (tertiary/aromatic N) is 1. The molecule has 0 unspecified atom stereocenters. The summed E-state index contributed by atoms with van der Waals surface area (Å²) in [4.78, 5) is 2.27. The Morgan fingerprint density at radius 1 is 0.533 bits per heavy atom. The normalized spacial score (nSPS) is 12.8. The molecule has 184 valence electrons. The van der Waals surface area contributed by atoms with Crippen LogP contribution in [0.3, 0.4) is 0 Å². The predicted octanol–water partition coefficient (Wildman–Crippen LogP) is 3.16. The first-order valence-electron chi connectivity index (χ1n) is 11.7. The average molecular weight is 470 g/mol. The molecule has 0 aromatic carbocycles. The van der Waals surface area contributed by atoms with Gasteiger partial charge in [-0.25, -0.2) is 0 Å². The van der Waals surface area contributed by atoms with Crippen molar-refractivity contribution >= 4 is 17.6 Å². The maximum Gasteiger partial charge on any atom is 0.281 e. The quantitative estimate of drug-likeness (QED) is 0.242. The van der Waals surface area contributed by atoms with E-state index in [4.69, 9.17) is 26.6 Å². The molecule has 0 amide bonds. The summed E-state index contributed by atoms with van der Waals surface area (Å²) in [6, 6.07) is 1.56. The first-order chi connectivity index (χ1) is 14.5. The number of aliphatic hydroxyl groups is 1. The molecule has 0 aromatic heterocycles. The molecule has 0 aliphatic rings. The highest BCUT2D eigenvalue weighted by Gasteiger charge is 2.26. The van der Waals surface area contributed by atoms with Gasteiger partial charge in [-0.05, 0) is 54.6 Å². The average Bonchev–Trinajstić information content (AvgIpc) is 2.69. The fraction of sp³-hybridized carbons (Fsp3) is 1.00. The minimum atomic E-state index is -2.62. The van der Waals surface area contributed by atoms with Crippen LogP contribution < -0.4 is 0 Å². The first-order valence-corrected chi connectivity index (χ1v) is 15.5. The summed E-state index contributed by atoms with van der Waals surface area (Å²) in [6.45, 7) is 17.9. The van der Waals surface area contributed by atoms with Gasteiger partial charge in [-0.15, -0.1) is 0 Å². The van der Waals surface area contributed by atoms with Crippen molar-refractivity contribution in [2.24, 2.45) is 0 Å². The second-order valence-electron chi connectivity index (χ2n) is 6.74. The summed E-state index contributed by atoms with van der Waals surface area (Å²) in [5, 5.41) is 9.49. The highest BCUT2D eigenvalue weighted by Crippen LogP contribution is 2.20. The van der Waals surface area contributed by atoms with Gasteiger partial charge in [0.25, 0.3) is 17.6 Å². The number of aliphatic hydroxyl groups excluding tert-OH is 1. The van der Waals surface area contributed by atoms with Gasteiger partial charge in [0.05, 0.1) is 6.61 Å². The molecular weight excluding hydrogens is 422 g/mol. The number of hydrogen-bond acceptors (Lipinski definition) is 8. The second kappa shape index (κ2) is 18.7. The molecule has 1 N–H and O–H groups in total. The van der Waals surface area contributed by atoms with E-state index in [1.54, 1.807) is 0 Å². The molecular formula is C20H47NO7Si2-2. The van der Waals surface area contributed by atoms with Crippen LogP contribution in [0.2, 0.25) is 12.1 Å². The van der Waals surface area contributed by atoms with Crippen molar-refractivity contribution < 1.29 is 31.7 Å². The highest BCUT2D eigenvalue weighted by atomic mass is 28.4. The van der Waals surface area contributed by atoms with Gasteiger partial charge in [0.15, 0.2) is 0 Å². The largest absolute Gasteiger partial charge is 0.525 e. The Morgan fingerprint density at radius 2 is 0.833 bits per heavy atom. The van der Waals surface area contributed by atoms with Gasteiger partial charge in [0, 0.05) is 46.2 Å². The molecule has 8 nitrogen and oxygen atoms in total. The monoisotopic (exact) mass is 469 g/mol. The van der Waals surface area contributed by atoms with E-state index in [0.717, 1.165) is 38.0 Å². The lowest BCUT2D eigenvalue weighted by molar-refractivity contribution is 0.0689. The van der Waals surface area contributed by atoms with Gasteiger partial charge in [0.2, 0.25) is 0 Å². The van der Waals surface area contributed by atoms with Crippen molar-refractivity contribution in [3.05, 3.63) is 0 Å². The standard InChI is InChI=1S/C20H47NO7Si2/c1-7-23-29(24-8-2,25-9-3)19-13-15-21(17-18-22)16-14-20-30(26-10-4,27-11-5)28-12-6/h22H,7-20H2,1-6H3/q-2. The zero-order valence-corrected chi connectivity index (χ0v) is 22.2. The molecule has 10 heteroatoms. The minimum absolute atomic E-state index is 0.135. The number of hydrogen-bond donors (Lipinski definition) is 1. The minimum Gasteiger partial charge on any atom is -0.525 e. The van der Waals surface area contributed by atoms with Crippen LogP contribution in [0.4, 0.5) is 0 Å². The molecule has 0 atom stereocenters. The number of rotatable bonds is 22. The molecule has 0 saturated heterocycles. The molecule has 0 spiro atoms. The van der Waals surface area contributed by atoms with Crippen LogP contribution in [-0.2, 0) is 26.6 Å². The van der Waals surface area contributed by atoms with E-state index in [-0.39, 0.29) is 6.61 Å². The van der Waals surface area contributed by atoms with E-state index in [2.05, 4.69) is 4.90 Å². The van der Waals surface area contributed by atoms with Crippen LogP contribution in [-0.4, -0.2) is 93.5 Å². The van der Waals surface area contributed by atoms with E-state index in [9.17, 15) is 5.11 Å². The van der Waals surface area contributed by atoms with Crippen LogP contribution in [0.5, 0.6) is 0 Å². The Morgan fingerprint density at radius 3 is 1.07 bits per heavy atom. The lowest BCUT2D eigenvalue weighted by atomic mass is 10.3. The Labute approximate surface area is 186 Å². The summed E-state index contributed by atoms with van der Waals surface area (Å²) >= 11 is 0. The molecule has 0 saturated carbocycles. The van der Waals surface area contributed by atoms with Gasteiger partial charge >= 0.3 is 0 Å². The Kier molecular flexibility index (Phi) is 18.7. The van der Waals surface area contributed by atoms with E-state index < -0.39 is 17.6 Å². The van der Waals surface area contributed by atoms with Gasteiger partial charge in [-0.2, -0.15) is 0 Å². The maximum atomic E-state index is 9.49. The van der Waals surface area contributed by atoms with Crippen molar-refractivity contribution in [1.82, 2.24) is 4.90 Å². The van der Waals surface area contributed by atoms with Crippen LogP contribution in [0.25, 0.3) is 0 Å². The van der Waals surface area contributed by atoms with E-state index >= 15 is 0 Å². The third-order valence-electron chi connectivity index (χ3n) is 4.52. The summed E-state index contributed by atoms with van der Waals surface area (Å²) in [6.07, 6.45) is 1.80. The van der Waals surface area contributed by atoms with Crippen molar-refractivity contribution in [1.29, 1.82) is 0 Å². The fourth-order valence-corrected chi connectivity index (χ4v) is 8.70. The highest BCUT2D eigenvalue weighted by molar-refractivity contribution is 6.61. The van der Waals surface area contributed by atoms with E-state index in [1.807, 2.05) is 41.5 Å². The van der Waals surface area contributed by atoms with E-state index in [1.165, 1.54) is 0 Å². The fourth-order valence-electron chi connectivity index (χ4n) is 3.52. The maximum absolute atomic E-state index is 9.49. The molecule has 0 aliphatic heterocycles. The smallest absolute Gasteiger partial charge is 0.281 e. The lowest BCUT2D eigenvalue weighted by Crippen LogP contribution is -2.47. The van der Waals surface area contributed by atoms with Crippen molar-refractivity contribution in [3.8, 4) is 0 Å². The molecule has 0 aliphatic carbocycles. The molecule has 0 aromatic rings. The van der Waals surface area contributed by atoms with Gasteiger partial charge in [0.1, 0.15) is 0 Å². The Hall–Kier alpha value is 0.114. The Balaban J connectivity index is 4.77. The molecule has 0 rings (SSSR count). The van der Waals surface area contributed by atoms with Crippen LogP contribution in [0.15, 0.2) is 0 Å². The predicted molar refractivity (Wildman–Crippen MR) is 124 cm³/mol. The van der Waals surface area contributed by atoms with E-state index in [0.29, 0.717) is 46.2 Å². The molecule has 30 heavy (non-hydrogen) atoms. The van der Waals surface area contributed by atoms with Crippen molar-refractivity contribution in [2.75, 3.05) is 65.9 Å². The zero-order chi connectivity index (χ0) is 22.7. The molecule has 0 fully saturated rings. The lowest BCUT2D eigenvalue weighted by Gasteiger charge is -2.43. The summed E-state index contributed by atoms with van der Waals surface area (Å²) in [5.74, 6) is 0. The van der Waals surface area contributed by atoms with Gasteiger partial charge in [-0.3, -0.25) is 0 Å². The van der Waals surface area contributed by atoms with Crippen LogP contribution in [0, 0.1) is 0 Å². The van der Waals surface area contributed by atoms with Crippen LogP contribution >= 0.6 is 0 Å². The SMILES string of the molecule is CCO[Si-](CCCN(CCO)CCC[Si-](OCC)(OCC)OCC)(OCC)OCC. The molecule has 0 heterocycles.